The zero-order valence-electron chi connectivity index (χ0n) is 9.02. The summed E-state index contributed by atoms with van der Waals surface area (Å²) in [5.74, 6) is 1.56. The quantitative estimate of drug-likeness (QED) is 0.793. The summed E-state index contributed by atoms with van der Waals surface area (Å²) in [6.45, 7) is 1.99. The molecule has 1 aromatic rings. The van der Waals surface area contributed by atoms with E-state index < -0.39 is 0 Å². The Bertz CT molecular complexity index is 321. The lowest BCUT2D eigenvalue weighted by molar-refractivity contribution is 0.0818. The minimum absolute atomic E-state index is 0.405. The van der Waals surface area contributed by atoms with Gasteiger partial charge in [0, 0.05) is 20.2 Å². The fourth-order valence-corrected chi connectivity index (χ4v) is 1.94. The van der Waals surface area contributed by atoms with Crippen molar-refractivity contribution in [2.75, 3.05) is 30.8 Å². The molecule has 82 valence electrons. The van der Waals surface area contributed by atoms with Crippen LogP contribution >= 0.6 is 0 Å². The van der Waals surface area contributed by atoms with E-state index >= 15 is 0 Å². The van der Waals surface area contributed by atoms with Crippen LogP contribution in [0, 0.1) is 0 Å². The van der Waals surface area contributed by atoms with E-state index in [0.717, 1.165) is 31.7 Å². The van der Waals surface area contributed by atoms with Gasteiger partial charge in [0.2, 0.25) is 0 Å². The molecule has 0 bridgehead atoms. The van der Waals surface area contributed by atoms with Gasteiger partial charge in [-0.05, 0) is 25.0 Å². The van der Waals surface area contributed by atoms with Crippen LogP contribution in [0.1, 0.15) is 12.8 Å². The van der Waals surface area contributed by atoms with Gasteiger partial charge >= 0.3 is 0 Å². The van der Waals surface area contributed by atoms with Gasteiger partial charge in [0.15, 0.2) is 0 Å². The van der Waals surface area contributed by atoms with Crippen LogP contribution in [0.15, 0.2) is 18.2 Å². The van der Waals surface area contributed by atoms with Crippen LogP contribution < -0.4 is 10.6 Å². The highest BCUT2D eigenvalue weighted by Crippen LogP contribution is 2.19. The van der Waals surface area contributed by atoms with E-state index in [1.54, 1.807) is 7.11 Å². The Labute approximate surface area is 90.0 Å². The zero-order chi connectivity index (χ0) is 10.7. The third kappa shape index (κ3) is 2.39. The average molecular weight is 207 g/mol. The number of methoxy groups -OCH3 is 1. The molecule has 1 saturated heterocycles. The first kappa shape index (κ1) is 10.2. The lowest BCUT2D eigenvalue weighted by Gasteiger charge is -2.32. The Hall–Kier alpha value is -1.29. The molecule has 0 radical (unpaired) electrons. The molecule has 1 aromatic heterocycles. The first-order valence-corrected chi connectivity index (χ1v) is 5.30. The Kier molecular flexibility index (Phi) is 3.06. The number of nitrogen functional groups attached to an aromatic ring is 1. The first-order chi connectivity index (χ1) is 7.29. The smallest absolute Gasteiger partial charge is 0.130 e. The lowest BCUT2D eigenvalue weighted by Crippen LogP contribution is -2.37. The maximum atomic E-state index is 5.66. The number of nitrogens with two attached hydrogens (primary N) is 1. The number of aromatic nitrogens is 1. The minimum Gasteiger partial charge on any atom is -0.384 e. The molecule has 1 fully saturated rings. The topological polar surface area (TPSA) is 51.4 Å². The van der Waals surface area contributed by atoms with Crippen molar-refractivity contribution in [1.29, 1.82) is 0 Å². The number of pyridine rings is 1. The first-order valence-electron chi connectivity index (χ1n) is 5.30. The monoisotopic (exact) mass is 207 g/mol. The van der Waals surface area contributed by atoms with Gasteiger partial charge in [-0.3, -0.25) is 0 Å². The summed E-state index contributed by atoms with van der Waals surface area (Å²) in [4.78, 5) is 6.57. The third-order valence-corrected chi connectivity index (χ3v) is 2.86. The molecule has 2 rings (SSSR count). The van der Waals surface area contributed by atoms with Crippen molar-refractivity contribution >= 4 is 11.6 Å². The number of hydrogen-bond acceptors (Lipinski definition) is 4. The summed E-state index contributed by atoms with van der Waals surface area (Å²) in [7, 11) is 1.78. The molecule has 15 heavy (non-hydrogen) atoms. The molecule has 0 unspecified atom stereocenters. The van der Waals surface area contributed by atoms with Crippen molar-refractivity contribution in [3.05, 3.63) is 18.2 Å². The van der Waals surface area contributed by atoms with Crippen LogP contribution in [0.5, 0.6) is 0 Å². The van der Waals surface area contributed by atoms with Gasteiger partial charge in [0.05, 0.1) is 6.10 Å². The van der Waals surface area contributed by atoms with E-state index in [4.69, 9.17) is 10.5 Å². The van der Waals surface area contributed by atoms with Crippen molar-refractivity contribution in [3.63, 3.8) is 0 Å². The Balaban J connectivity index is 2.01. The molecule has 2 heterocycles. The van der Waals surface area contributed by atoms with Crippen LogP contribution in [0.2, 0.25) is 0 Å². The molecule has 4 nitrogen and oxygen atoms in total. The number of ether oxygens (including phenoxy) is 1. The standard InChI is InChI=1S/C11H17N3O/c1-15-9-5-7-14(8-6-9)11-4-2-3-10(12)13-11/h2-4,9H,5-8H2,1H3,(H2,12,13). The predicted molar refractivity (Wildman–Crippen MR) is 60.9 cm³/mol. The summed E-state index contributed by atoms with van der Waals surface area (Å²) in [6.07, 6.45) is 2.53. The molecule has 2 N–H and O–H groups in total. The highest BCUT2D eigenvalue weighted by Gasteiger charge is 2.19. The van der Waals surface area contributed by atoms with E-state index in [0.29, 0.717) is 11.9 Å². The Morgan fingerprint density at radius 2 is 2.13 bits per heavy atom. The molecule has 0 aliphatic carbocycles. The molecule has 0 spiro atoms. The van der Waals surface area contributed by atoms with E-state index in [1.165, 1.54) is 0 Å². The zero-order valence-corrected chi connectivity index (χ0v) is 9.02. The van der Waals surface area contributed by atoms with E-state index in [-0.39, 0.29) is 0 Å². The highest BCUT2D eigenvalue weighted by atomic mass is 16.5. The van der Waals surface area contributed by atoms with Gasteiger partial charge < -0.3 is 15.4 Å². The van der Waals surface area contributed by atoms with Crippen LogP contribution in [0.4, 0.5) is 11.6 Å². The molecule has 4 heteroatoms. The SMILES string of the molecule is COC1CCN(c2cccc(N)n2)CC1. The van der Waals surface area contributed by atoms with E-state index in [9.17, 15) is 0 Å². The maximum Gasteiger partial charge on any atom is 0.130 e. The molecule has 0 aromatic carbocycles. The Morgan fingerprint density at radius 1 is 1.40 bits per heavy atom. The Morgan fingerprint density at radius 3 is 2.73 bits per heavy atom. The minimum atomic E-state index is 0.405. The van der Waals surface area contributed by atoms with E-state index in [1.807, 2.05) is 18.2 Å². The summed E-state index contributed by atoms with van der Waals surface area (Å²) in [6, 6.07) is 5.76. The number of hydrogen-bond donors (Lipinski definition) is 1. The second-order valence-electron chi connectivity index (χ2n) is 3.84. The molecule has 1 aliphatic heterocycles. The second kappa shape index (κ2) is 4.49. The maximum absolute atomic E-state index is 5.66. The normalized spacial score (nSPS) is 18.1. The summed E-state index contributed by atoms with van der Waals surface area (Å²) in [5, 5.41) is 0. The van der Waals surface area contributed by atoms with Crippen molar-refractivity contribution in [2.45, 2.75) is 18.9 Å². The number of piperidine rings is 1. The number of rotatable bonds is 2. The van der Waals surface area contributed by atoms with Crippen molar-refractivity contribution < 1.29 is 4.74 Å². The predicted octanol–water partition coefficient (Wildman–Crippen LogP) is 1.28. The summed E-state index contributed by atoms with van der Waals surface area (Å²) >= 11 is 0. The third-order valence-electron chi connectivity index (χ3n) is 2.86. The second-order valence-corrected chi connectivity index (χ2v) is 3.84. The van der Waals surface area contributed by atoms with Gasteiger partial charge in [0.1, 0.15) is 11.6 Å². The fourth-order valence-electron chi connectivity index (χ4n) is 1.94. The molecule has 0 saturated carbocycles. The van der Waals surface area contributed by atoms with Crippen molar-refractivity contribution in [3.8, 4) is 0 Å². The van der Waals surface area contributed by atoms with Crippen LogP contribution in [0.3, 0.4) is 0 Å². The van der Waals surface area contributed by atoms with Gasteiger partial charge in [-0.15, -0.1) is 0 Å². The van der Waals surface area contributed by atoms with Crippen LogP contribution in [0.25, 0.3) is 0 Å². The van der Waals surface area contributed by atoms with Gasteiger partial charge in [-0.2, -0.15) is 0 Å². The molecular formula is C11H17N3O. The largest absolute Gasteiger partial charge is 0.384 e. The van der Waals surface area contributed by atoms with Crippen LogP contribution in [-0.4, -0.2) is 31.3 Å². The van der Waals surface area contributed by atoms with Crippen molar-refractivity contribution in [2.24, 2.45) is 0 Å². The van der Waals surface area contributed by atoms with E-state index in [2.05, 4.69) is 9.88 Å². The number of nitrogens with zero attached hydrogens (tertiary/aromatic N) is 2. The van der Waals surface area contributed by atoms with Crippen LogP contribution in [-0.2, 0) is 4.74 Å². The number of anilines is 2. The summed E-state index contributed by atoms with van der Waals surface area (Å²) < 4.78 is 5.33. The highest BCUT2D eigenvalue weighted by molar-refractivity contribution is 5.45. The van der Waals surface area contributed by atoms with Gasteiger partial charge in [-0.25, -0.2) is 4.98 Å². The summed E-state index contributed by atoms with van der Waals surface area (Å²) in [5.41, 5.74) is 5.66. The fraction of sp³-hybridized carbons (Fsp3) is 0.545. The van der Waals surface area contributed by atoms with Gasteiger partial charge in [-0.1, -0.05) is 6.07 Å². The lowest BCUT2D eigenvalue weighted by atomic mass is 10.1. The average Bonchev–Trinajstić information content (AvgIpc) is 2.29. The molecular weight excluding hydrogens is 190 g/mol. The molecule has 1 aliphatic rings. The molecule has 0 atom stereocenters. The van der Waals surface area contributed by atoms with Crippen molar-refractivity contribution in [1.82, 2.24) is 4.98 Å². The molecule has 0 amide bonds. The van der Waals surface area contributed by atoms with Gasteiger partial charge in [0.25, 0.3) is 0 Å².